The number of nitrogens with one attached hydrogen (secondary N) is 1. The van der Waals surface area contributed by atoms with E-state index in [2.05, 4.69) is 24.1 Å². The van der Waals surface area contributed by atoms with Crippen molar-refractivity contribution in [2.24, 2.45) is 16.8 Å². The summed E-state index contributed by atoms with van der Waals surface area (Å²) in [5, 5.41) is 3.47. The lowest BCUT2D eigenvalue weighted by Gasteiger charge is -2.38. The summed E-state index contributed by atoms with van der Waals surface area (Å²) in [5.74, 6) is 1.74. The second-order valence-corrected chi connectivity index (χ2v) is 10.1. The Labute approximate surface area is 158 Å². The average molecular weight is 387 g/mol. The minimum atomic E-state index is -2.87. The number of nitrogens with zero attached hydrogens (tertiary/aromatic N) is 3. The summed E-state index contributed by atoms with van der Waals surface area (Å²) in [5.41, 5.74) is 0. The number of hydrogen-bond donors (Lipinski definition) is 1. The molecule has 0 bridgehead atoms. The first-order chi connectivity index (χ1) is 12.2. The second kappa shape index (κ2) is 9.06. The SMILES string of the molecule is CCC(C)NC(=NCC1CCS(=O)(=O)C1)N1CCN(C(=O)C(C)C)CC1. The monoisotopic (exact) mass is 386 g/mol. The lowest BCUT2D eigenvalue weighted by atomic mass is 10.1. The van der Waals surface area contributed by atoms with E-state index in [1.165, 1.54) is 0 Å². The van der Waals surface area contributed by atoms with Gasteiger partial charge in [0.1, 0.15) is 0 Å². The van der Waals surface area contributed by atoms with Crippen LogP contribution in [0.4, 0.5) is 0 Å². The summed E-state index contributed by atoms with van der Waals surface area (Å²) in [4.78, 5) is 21.0. The van der Waals surface area contributed by atoms with E-state index in [4.69, 9.17) is 4.99 Å². The van der Waals surface area contributed by atoms with Gasteiger partial charge in [0.05, 0.1) is 11.5 Å². The first kappa shape index (κ1) is 21.0. The predicted octanol–water partition coefficient (Wildman–Crippen LogP) is 0.965. The summed E-state index contributed by atoms with van der Waals surface area (Å²) in [6.07, 6.45) is 1.70. The Morgan fingerprint density at radius 2 is 1.77 bits per heavy atom. The number of sulfone groups is 1. The molecule has 2 unspecified atom stereocenters. The van der Waals surface area contributed by atoms with Gasteiger partial charge in [0, 0.05) is 44.7 Å². The molecule has 0 aromatic heterocycles. The van der Waals surface area contributed by atoms with E-state index < -0.39 is 9.84 Å². The molecule has 0 radical (unpaired) electrons. The van der Waals surface area contributed by atoms with E-state index in [0.29, 0.717) is 32.1 Å². The summed E-state index contributed by atoms with van der Waals surface area (Å²) >= 11 is 0. The highest BCUT2D eigenvalue weighted by Gasteiger charge is 2.29. The fourth-order valence-corrected chi connectivity index (χ4v) is 5.14. The van der Waals surface area contributed by atoms with Crippen LogP contribution in [0.3, 0.4) is 0 Å². The maximum atomic E-state index is 12.2. The number of guanidine groups is 1. The average Bonchev–Trinajstić information content (AvgIpc) is 2.96. The van der Waals surface area contributed by atoms with Gasteiger partial charge in [0.25, 0.3) is 0 Å². The molecular weight excluding hydrogens is 352 g/mol. The van der Waals surface area contributed by atoms with Crippen LogP contribution < -0.4 is 5.32 Å². The summed E-state index contributed by atoms with van der Waals surface area (Å²) in [7, 11) is -2.87. The Morgan fingerprint density at radius 3 is 2.27 bits per heavy atom. The van der Waals surface area contributed by atoms with Crippen molar-refractivity contribution in [3.05, 3.63) is 0 Å². The van der Waals surface area contributed by atoms with Gasteiger partial charge in [-0.2, -0.15) is 0 Å². The Bertz CT molecular complexity index is 610. The maximum Gasteiger partial charge on any atom is 0.225 e. The van der Waals surface area contributed by atoms with Crippen molar-refractivity contribution in [2.75, 3.05) is 44.2 Å². The van der Waals surface area contributed by atoms with Crippen LogP contribution in [0.2, 0.25) is 0 Å². The molecule has 1 amide bonds. The largest absolute Gasteiger partial charge is 0.354 e. The zero-order valence-corrected chi connectivity index (χ0v) is 17.4. The zero-order valence-electron chi connectivity index (χ0n) is 16.6. The summed E-state index contributed by atoms with van der Waals surface area (Å²) < 4.78 is 23.3. The Hall–Kier alpha value is -1.31. The minimum absolute atomic E-state index is 0.0252. The molecule has 26 heavy (non-hydrogen) atoms. The van der Waals surface area contributed by atoms with E-state index in [0.717, 1.165) is 25.5 Å². The van der Waals surface area contributed by atoms with Crippen LogP contribution in [-0.4, -0.2) is 80.4 Å². The van der Waals surface area contributed by atoms with Crippen molar-refractivity contribution in [1.82, 2.24) is 15.1 Å². The maximum absolute atomic E-state index is 12.2. The lowest BCUT2D eigenvalue weighted by molar-refractivity contribution is -0.135. The lowest BCUT2D eigenvalue weighted by Crippen LogP contribution is -2.55. The van der Waals surface area contributed by atoms with Gasteiger partial charge in [-0.3, -0.25) is 9.79 Å². The van der Waals surface area contributed by atoms with Crippen LogP contribution in [0, 0.1) is 11.8 Å². The van der Waals surface area contributed by atoms with Crippen molar-refractivity contribution < 1.29 is 13.2 Å². The number of hydrogen-bond acceptors (Lipinski definition) is 4. The van der Waals surface area contributed by atoms with Gasteiger partial charge in [-0.25, -0.2) is 8.42 Å². The molecule has 2 heterocycles. The predicted molar refractivity (Wildman–Crippen MR) is 105 cm³/mol. The molecule has 8 heteroatoms. The number of rotatable bonds is 5. The smallest absolute Gasteiger partial charge is 0.225 e. The third-order valence-corrected chi connectivity index (χ3v) is 7.04. The highest BCUT2D eigenvalue weighted by molar-refractivity contribution is 7.91. The molecule has 2 fully saturated rings. The van der Waals surface area contributed by atoms with Gasteiger partial charge in [-0.15, -0.1) is 0 Å². The molecule has 7 nitrogen and oxygen atoms in total. The number of carbonyl (C=O) groups is 1. The Kier molecular flexibility index (Phi) is 7.32. The molecule has 150 valence electrons. The van der Waals surface area contributed by atoms with Gasteiger partial charge in [0.15, 0.2) is 15.8 Å². The second-order valence-electron chi connectivity index (χ2n) is 7.85. The number of piperazine rings is 1. The van der Waals surface area contributed by atoms with Crippen LogP contribution >= 0.6 is 0 Å². The molecule has 0 saturated carbocycles. The van der Waals surface area contributed by atoms with Gasteiger partial charge in [-0.05, 0) is 25.7 Å². The van der Waals surface area contributed by atoms with Gasteiger partial charge in [0.2, 0.25) is 5.91 Å². The van der Waals surface area contributed by atoms with Crippen molar-refractivity contribution in [1.29, 1.82) is 0 Å². The molecule has 0 aliphatic carbocycles. The van der Waals surface area contributed by atoms with Gasteiger partial charge >= 0.3 is 0 Å². The fourth-order valence-electron chi connectivity index (χ4n) is 3.29. The topological polar surface area (TPSA) is 82.1 Å². The van der Waals surface area contributed by atoms with E-state index >= 15 is 0 Å². The number of aliphatic imine (C=N–C) groups is 1. The fraction of sp³-hybridized carbons (Fsp3) is 0.889. The zero-order chi connectivity index (χ0) is 19.3. The van der Waals surface area contributed by atoms with Crippen molar-refractivity contribution in [2.45, 2.75) is 46.6 Å². The molecular formula is C18H34N4O3S. The molecule has 1 N–H and O–H groups in total. The third kappa shape index (κ3) is 5.86. The van der Waals surface area contributed by atoms with Gasteiger partial charge < -0.3 is 15.1 Å². The van der Waals surface area contributed by atoms with Crippen LogP contribution in [0.5, 0.6) is 0 Å². The molecule has 2 saturated heterocycles. The van der Waals surface area contributed by atoms with E-state index in [1.807, 2.05) is 18.7 Å². The molecule has 0 aromatic rings. The van der Waals surface area contributed by atoms with E-state index in [1.54, 1.807) is 0 Å². The third-order valence-electron chi connectivity index (χ3n) is 5.20. The first-order valence-corrected chi connectivity index (χ1v) is 11.6. The first-order valence-electron chi connectivity index (χ1n) is 9.77. The van der Waals surface area contributed by atoms with Gasteiger partial charge in [-0.1, -0.05) is 20.8 Å². The molecule has 2 rings (SSSR count). The summed E-state index contributed by atoms with van der Waals surface area (Å²) in [6.45, 7) is 11.6. The van der Waals surface area contributed by atoms with Crippen LogP contribution in [-0.2, 0) is 14.6 Å². The number of amides is 1. The number of carbonyl (C=O) groups excluding carboxylic acids is 1. The standard InChI is InChI=1S/C18H34N4O3S/c1-5-15(4)20-18(19-12-16-6-11-26(24,25)13-16)22-9-7-21(8-10-22)17(23)14(2)3/h14-16H,5-13H2,1-4H3,(H,19,20). The summed E-state index contributed by atoms with van der Waals surface area (Å²) in [6, 6.07) is 0.302. The van der Waals surface area contributed by atoms with Crippen LogP contribution in [0.1, 0.15) is 40.5 Å². The minimum Gasteiger partial charge on any atom is -0.354 e. The quantitative estimate of drug-likeness (QED) is 0.562. The highest BCUT2D eigenvalue weighted by atomic mass is 32.2. The van der Waals surface area contributed by atoms with Crippen molar-refractivity contribution in [3.63, 3.8) is 0 Å². The van der Waals surface area contributed by atoms with Crippen LogP contribution in [0.15, 0.2) is 4.99 Å². The highest BCUT2D eigenvalue weighted by Crippen LogP contribution is 2.19. The molecule has 0 spiro atoms. The van der Waals surface area contributed by atoms with E-state index in [9.17, 15) is 13.2 Å². The van der Waals surface area contributed by atoms with Crippen molar-refractivity contribution >= 4 is 21.7 Å². The Balaban J connectivity index is 1.99. The molecule has 2 aliphatic rings. The molecule has 2 aliphatic heterocycles. The Morgan fingerprint density at radius 1 is 1.15 bits per heavy atom. The van der Waals surface area contributed by atoms with Crippen molar-refractivity contribution in [3.8, 4) is 0 Å². The molecule has 2 atom stereocenters. The normalized spacial score (nSPS) is 24.8. The van der Waals surface area contributed by atoms with E-state index in [-0.39, 0.29) is 29.2 Å². The molecule has 0 aromatic carbocycles. The van der Waals surface area contributed by atoms with Crippen LogP contribution in [0.25, 0.3) is 0 Å².